The van der Waals surface area contributed by atoms with Crippen molar-refractivity contribution in [2.75, 3.05) is 6.61 Å². The van der Waals surface area contributed by atoms with Gasteiger partial charge in [0.1, 0.15) is 6.29 Å². The van der Waals surface area contributed by atoms with Crippen molar-refractivity contribution in [3.05, 3.63) is 0 Å². The first-order valence-corrected chi connectivity index (χ1v) is 14.2. The zero-order chi connectivity index (χ0) is 24.6. The lowest BCUT2D eigenvalue weighted by Gasteiger charge is -2.75. The summed E-state index contributed by atoms with van der Waals surface area (Å²) in [5, 5.41) is 22.8. The van der Waals surface area contributed by atoms with Gasteiger partial charge in [-0.25, -0.2) is 0 Å². The van der Waals surface area contributed by atoms with E-state index in [-0.39, 0.29) is 56.2 Å². The molecule has 0 aromatic rings. The van der Waals surface area contributed by atoms with Gasteiger partial charge in [0.05, 0.1) is 24.4 Å². The van der Waals surface area contributed by atoms with Gasteiger partial charge in [0.15, 0.2) is 0 Å². The SMILES string of the molecule is CC1(C)C2CC[C@]3(C)[C@H](CCC45OCC6(CC[C@@](C)(C=O)C[C@H]64)[C@H](O)C[C@]53C)[C@@]2(C)CC[C@@H]1O. The monoisotopic (exact) mass is 472 g/mol. The Labute approximate surface area is 206 Å². The Morgan fingerprint density at radius 2 is 1.47 bits per heavy atom. The van der Waals surface area contributed by atoms with E-state index >= 15 is 0 Å². The molecule has 1 heterocycles. The number of hydrogen-bond donors (Lipinski definition) is 2. The Balaban J connectivity index is 1.45. The maximum Gasteiger partial charge on any atom is 0.125 e. The van der Waals surface area contributed by atoms with Crippen molar-refractivity contribution in [2.24, 2.45) is 50.2 Å². The van der Waals surface area contributed by atoms with Crippen molar-refractivity contribution in [2.45, 2.75) is 124 Å². The minimum atomic E-state index is -0.347. The van der Waals surface area contributed by atoms with Gasteiger partial charge in [0.25, 0.3) is 0 Å². The molecule has 0 aromatic heterocycles. The number of fused-ring (bicyclic) bond motifs is 4. The van der Waals surface area contributed by atoms with E-state index in [1.807, 2.05) is 0 Å². The zero-order valence-electron chi connectivity index (χ0n) is 22.5. The summed E-state index contributed by atoms with van der Waals surface area (Å²) >= 11 is 0. The number of aldehydes is 1. The van der Waals surface area contributed by atoms with Crippen LogP contribution in [0, 0.1) is 50.2 Å². The topological polar surface area (TPSA) is 66.8 Å². The Morgan fingerprint density at radius 3 is 2.18 bits per heavy atom. The molecule has 2 bridgehead atoms. The van der Waals surface area contributed by atoms with Crippen molar-refractivity contribution < 1.29 is 19.7 Å². The van der Waals surface area contributed by atoms with E-state index in [4.69, 9.17) is 4.74 Å². The summed E-state index contributed by atoms with van der Waals surface area (Å²) in [7, 11) is 0. The summed E-state index contributed by atoms with van der Waals surface area (Å²) in [6.45, 7) is 15.0. The van der Waals surface area contributed by atoms with Gasteiger partial charge in [0, 0.05) is 16.2 Å². The van der Waals surface area contributed by atoms with Crippen LogP contribution in [0.1, 0.15) is 106 Å². The van der Waals surface area contributed by atoms with E-state index in [0.717, 1.165) is 57.8 Å². The summed E-state index contributed by atoms with van der Waals surface area (Å²) in [5.41, 5.74) is -0.549. The fourth-order valence-corrected chi connectivity index (χ4v) is 12.0. The number of ether oxygens (including phenoxy) is 1. The smallest absolute Gasteiger partial charge is 0.125 e. The number of aliphatic hydroxyl groups excluding tert-OH is 2. The molecule has 4 heteroatoms. The van der Waals surface area contributed by atoms with Gasteiger partial charge in [-0.3, -0.25) is 0 Å². The first-order chi connectivity index (χ1) is 15.7. The van der Waals surface area contributed by atoms with Crippen LogP contribution in [0.4, 0.5) is 0 Å². The lowest BCUT2D eigenvalue weighted by Crippen LogP contribution is -2.73. The van der Waals surface area contributed by atoms with Crippen molar-refractivity contribution in [3.8, 4) is 0 Å². The molecule has 6 aliphatic rings. The minimum Gasteiger partial charge on any atom is -0.393 e. The van der Waals surface area contributed by atoms with Crippen molar-refractivity contribution >= 4 is 6.29 Å². The summed E-state index contributed by atoms with van der Waals surface area (Å²) in [6.07, 6.45) is 10.7. The molecule has 1 aliphatic heterocycles. The second-order valence-electron chi connectivity index (χ2n) is 15.5. The maximum absolute atomic E-state index is 12.2. The van der Waals surface area contributed by atoms with Gasteiger partial charge in [-0.15, -0.1) is 0 Å². The van der Waals surface area contributed by atoms with Gasteiger partial charge in [-0.2, -0.15) is 0 Å². The second kappa shape index (κ2) is 6.70. The van der Waals surface area contributed by atoms with Gasteiger partial charge in [0.2, 0.25) is 0 Å². The third kappa shape index (κ3) is 2.41. The highest BCUT2D eigenvalue weighted by Gasteiger charge is 2.80. The summed E-state index contributed by atoms with van der Waals surface area (Å²) < 4.78 is 7.04. The second-order valence-corrected chi connectivity index (χ2v) is 15.5. The summed E-state index contributed by atoms with van der Waals surface area (Å²) in [5.74, 6) is 1.38. The van der Waals surface area contributed by atoms with E-state index < -0.39 is 0 Å². The van der Waals surface area contributed by atoms with Crippen LogP contribution in [0.3, 0.4) is 0 Å². The van der Waals surface area contributed by atoms with Crippen LogP contribution < -0.4 is 0 Å². The van der Waals surface area contributed by atoms with E-state index in [1.54, 1.807) is 0 Å². The molecule has 0 amide bonds. The Hall–Kier alpha value is -0.450. The van der Waals surface area contributed by atoms with E-state index in [2.05, 4.69) is 41.5 Å². The molecule has 1 saturated heterocycles. The van der Waals surface area contributed by atoms with Crippen LogP contribution in [0.15, 0.2) is 0 Å². The molecule has 2 N–H and O–H groups in total. The molecule has 6 fully saturated rings. The van der Waals surface area contributed by atoms with Crippen molar-refractivity contribution in [1.29, 1.82) is 0 Å². The lowest BCUT2D eigenvalue weighted by atomic mass is 9.30. The Kier molecular flexibility index (Phi) is 4.71. The van der Waals surface area contributed by atoms with Gasteiger partial charge < -0.3 is 19.7 Å². The quantitative estimate of drug-likeness (QED) is 0.492. The molecule has 4 nitrogen and oxygen atoms in total. The largest absolute Gasteiger partial charge is 0.393 e. The average Bonchev–Trinajstić information content (AvgIpc) is 3.05. The third-order valence-electron chi connectivity index (χ3n) is 14.3. The highest BCUT2D eigenvalue weighted by molar-refractivity contribution is 5.59. The van der Waals surface area contributed by atoms with Crippen LogP contribution in [0.5, 0.6) is 0 Å². The van der Waals surface area contributed by atoms with Gasteiger partial charge in [-0.1, -0.05) is 41.5 Å². The fraction of sp³-hybridized carbons (Fsp3) is 0.967. The van der Waals surface area contributed by atoms with Crippen molar-refractivity contribution in [3.63, 3.8) is 0 Å². The zero-order valence-corrected chi connectivity index (χ0v) is 22.5. The van der Waals surface area contributed by atoms with Crippen LogP contribution in [-0.4, -0.2) is 40.9 Å². The van der Waals surface area contributed by atoms with E-state index in [1.165, 1.54) is 12.7 Å². The first-order valence-electron chi connectivity index (χ1n) is 14.2. The molecule has 0 radical (unpaired) electrons. The van der Waals surface area contributed by atoms with Gasteiger partial charge >= 0.3 is 0 Å². The highest BCUT2D eigenvalue weighted by atomic mass is 16.5. The van der Waals surface area contributed by atoms with Crippen LogP contribution in [0.2, 0.25) is 0 Å². The predicted molar refractivity (Wildman–Crippen MR) is 132 cm³/mol. The molecule has 1 spiro atoms. The third-order valence-corrected chi connectivity index (χ3v) is 14.3. The molecule has 0 aromatic carbocycles. The predicted octanol–water partition coefficient (Wildman–Crippen LogP) is 5.53. The molecule has 5 saturated carbocycles. The number of hydrogen-bond acceptors (Lipinski definition) is 4. The molecule has 11 atom stereocenters. The number of aliphatic hydroxyl groups is 2. The highest BCUT2D eigenvalue weighted by Crippen LogP contribution is 2.80. The lowest BCUT2D eigenvalue weighted by molar-refractivity contribution is -0.297. The maximum atomic E-state index is 12.2. The Morgan fingerprint density at radius 1 is 0.765 bits per heavy atom. The standard InChI is InChI=1S/C30H48O4/c1-24(2)19-7-11-27(5)20(26(19,4)10-9-22(24)32)8-12-30-21-15-25(3,17-31)13-14-29(21,18-34-30)23(33)16-28(27,30)6/h17,19-23,32-33H,7-16,18H2,1-6H3/t19?,20-,21-,22+,23-,25-,26+,27-,28+,29?,30?/m1/s1. The number of rotatable bonds is 1. The van der Waals surface area contributed by atoms with Crippen LogP contribution >= 0.6 is 0 Å². The molecular formula is C30H48O4. The Bertz CT molecular complexity index is 900. The van der Waals surface area contributed by atoms with Crippen LogP contribution in [0.25, 0.3) is 0 Å². The normalized spacial score (nSPS) is 62.1. The summed E-state index contributed by atoms with van der Waals surface area (Å²) in [4.78, 5) is 12.2. The van der Waals surface area contributed by atoms with E-state index in [9.17, 15) is 15.0 Å². The molecule has 5 aliphatic carbocycles. The molecule has 34 heavy (non-hydrogen) atoms. The fourth-order valence-electron chi connectivity index (χ4n) is 12.0. The minimum absolute atomic E-state index is 0.0510. The molecular weight excluding hydrogens is 424 g/mol. The molecule has 3 unspecified atom stereocenters. The van der Waals surface area contributed by atoms with Crippen molar-refractivity contribution in [1.82, 2.24) is 0 Å². The molecule has 192 valence electrons. The summed E-state index contributed by atoms with van der Waals surface area (Å²) in [6, 6.07) is 0. The number of carbonyl (C=O) groups excluding carboxylic acids is 1. The first kappa shape index (κ1) is 23.9. The average molecular weight is 473 g/mol. The van der Waals surface area contributed by atoms with Gasteiger partial charge in [-0.05, 0) is 98.2 Å². The van der Waals surface area contributed by atoms with Crippen LogP contribution in [-0.2, 0) is 9.53 Å². The van der Waals surface area contributed by atoms with E-state index in [0.29, 0.717) is 18.4 Å². The number of carbonyl (C=O) groups is 1. The molecule has 6 rings (SSSR count).